The molecule has 6 nitrogen and oxygen atoms in total. The van der Waals surface area contributed by atoms with E-state index in [1.807, 2.05) is 13.0 Å². The second-order valence-corrected chi connectivity index (χ2v) is 5.92. The third-order valence-electron chi connectivity index (χ3n) is 4.09. The van der Waals surface area contributed by atoms with Gasteiger partial charge in [-0.25, -0.2) is 9.38 Å². The van der Waals surface area contributed by atoms with Crippen molar-refractivity contribution in [3.05, 3.63) is 46.8 Å². The maximum Gasteiger partial charge on any atom is 0.191 e. The fourth-order valence-corrected chi connectivity index (χ4v) is 2.82. The van der Waals surface area contributed by atoms with E-state index in [4.69, 9.17) is 0 Å². The quantitative estimate of drug-likeness (QED) is 0.649. The molecule has 1 aliphatic rings. The van der Waals surface area contributed by atoms with E-state index in [-0.39, 0.29) is 5.82 Å². The summed E-state index contributed by atoms with van der Waals surface area (Å²) in [6, 6.07) is 5.08. The van der Waals surface area contributed by atoms with Gasteiger partial charge in [0.25, 0.3) is 0 Å². The fourth-order valence-electron chi connectivity index (χ4n) is 2.82. The van der Waals surface area contributed by atoms with Crippen molar-refractivity contribution in [2.24, 2.45) is 4.99 Å². The number of aryl methyl sites for hydroxylation is 2. The molecule has 2 N–H and O–H groups in total. The SMILES string of the molecule is CCNC(=NCc1ccc(F)c(C)c1)NCc1nnc2n1CCC2. The van der Waals surface area contributed by atoms with Gasteiger partial charge < -0.3 is 15.2 Å². The first-order valence-corrected chi connectivity index (χ1v) is 8.35. The zero-order chi connectivity index (χ0) is 16.9. The number of hydrogen-bond acceptors (Lipinski definition) is 3. The van der Waals surface area contributed by atoms with Crippen LogP contribution in [-0.4, -0.2) is 27.3 Å². The number of guanidine groups is 1. The van der Waals surface area contributed by atoms with Crippen LogP contribution in [0.15, 0.2) is 23.2 Å². The molecule has 24 heavy (non-hydrogen) atoms. The molecule has 0 atom stereocenters. The van der Waals surface area contributed by atoms with E-state index in [0.717, 1.165) is 49.1 Å². The summed E-state index contributed by atoms with van der Waals surface area (Å²) in [5.74, 6) is 2.53. The van der Waals surface area contributed by atoms with E-state index in [1.54, 1.807) is 13.0 Å². The fraction of sp³-hybridized carbons (Fsp3) is 0.471. The number of fused-ring (bicyclic) bond motifs is 1. The van der Waals surface area contributed by atoms with E-state index in [0.29, 0.717) is 18.7 Å². The Hall–Kier alpha value is -2.44. The average molecular weight is 330 g/mol. The van der Waals surface area contributed by atoms with Gasteiger partial charge in [0.1, 0.15) is 11.6 Å². The van der Waals surface area contributed by atoms with Crippen LogP contribution in [0.5, 0.6) is 0 Å². The van der Waals surface area contributed by atoms with Crippen molar-refractivity contribution < 1.29 is 4.39 Å². The minimum atomic E-state index is -0.187. The largest absolute Gasteiger partial charge is 0.357 e. The number of aromatic nitrogens is 3. The summed E-state index contributed by atoms with van der Waals surface area (Å²) in [6.45, 7) is 6.62. The number of halogens is 1. The molecule has 0 aliphatic carbocycles. The molecule has 0 saturated carbocycles. The van der Waals surface area contributed by atoms with Gasteiger partial charge in [-0.2, -0.15) is 0 Å². The van der Waals surface area contributed by atoms with Crippen molar-refractivity contribution in [1.29, 1.82) is 0 Å². The predicted molar refractivity (Wildman–Crippen MR) is 91.1 cm³/mol. The van der Waals surface area contributed by atoms with Gasteiger partial charge in [0, 0.05) is 19.5 Å². The number of nitrogens with zero attached hydrogens (tertiary/aromatic N) is 4. The maximum atomic E-state index is 13.3. The summed E-state index contributed by atoms with van der Waals surface area (Å²) in [5.41, 5.74) is 1.62. The Bertz CT molecular complexity index is 737. The molecule has 1 aromatic carbocycles. The Morgan fingerprint density at radius 3 is 3.00 bits per heavy atom. The number of rotatable bonds is 5. The summed E-state index contributed by atoms with van der Waals surface area (Å²) in [4.78, 5) is 4.56. The van der Waals surface area contributed by atoms with Gasteiger partial charge in [-0.15, -0.1) is 10.2 Å². The Morgan fingerprint density at radius 1 is 1.33 bits per heavy atom. The van der Waals surface area contributed by atoms with E-state index in [9.17, 15) is 4.39 Å². The zero-order valence-electron chi connectivity index (χ0n) is 14.1. The summed E-state index contributed by atoms with van der Waals surface area (Å²) in [6.07, 6.45) is 2.14. The Labute approximate surface area is 141 Å². The maximum absolute atomic E-state index is 13.3. The third kappa shape index (κ3) is 3.72. The lowest BCUT2D eigenvalue weighted by Crippen LogP contribution is -2.37. The monoisotopic (exact) mass is 330 g/mol. The highest BCUT2D eigenvalue weighted by molar-refractivity contribution is 5.79. The van der Waals surface area contributed by atoms with Gasteiger partial charge >= 0.3 is 0 Å². The zero-order valence-corrected chi connectivity index (χ0v) is 14.1. The van der Waals surface area contributed by atoms with Crippen LogP contribution in [0.25, 0.3) is 0 Å². The Balaban J connectivity index is 1.63. The van der Waals surface area contributed by atoms with Gasteiger partial charge in [-0.05, 0) is 37.5 Å². The van der Waals surface area contributed by atoms with E-state index >= 15 is 0 Å². The second kappa shape index (κ2) is 7.42. The summed E-state index contributed by atoms with van der Waals surface area (Å²) >= 11 is 0. The molecule has 0 amide bonds. The molecule has 128 valence electrons. The standard InChI is InChI=1S/C17H23FN6/c1-3-19-17(20-10-13-6-7-14(18)12(2)9-13)21-11-16-23-22-15-5-4-8-24(15)16/h6-7,9H,3-5,8,10-11H2,1-2H3,(H2,19,20,21). The minimum absolute atomic E-state index is 0.187. The molecule has 1 aliphatic heterocycles. The van der Waals surface area contributed by atoms with Gasteiger partial charge in [0.15, 0.2) is 11.8 Å². The lowest BCUT2D eigenvalue weighted by atomic mass is 10.1. The van der Waals surface area contributed by atoms with Crippen LogP contribution in [0.2, 0.25) is 0 Å². The molecule has 0 radical (unpaired) electrons. The van der Waals surface area contributed by atoms with Crippen molar-refractivity contribution in [3.63, 3.8) is 0 Å². The van der Waals surface area contributed by atoms with Crippen LogP contribution in [0, 0.1) is 12.7 Å². The van der Waals surface area contributed by atoms with Crippen molar-refractivity contribution in [1.82, 2.24) is 25.4 Å². The highest BCUT2D eigenvalue weighted by Gasteiger charge is 2.17. The number of aliphatic imine (C=N–C) groups is 1. The van der Waals surface area contributed by atoms with E-state index < -0.39 is 0 Å². The van der Waals surface area contributed by atoms with Crippen LogP contribution >= 0.6 is 0 Å². The molecule has 0 unspecified atom stereocenters. The molecule has 7 heteroatoms. The van der Waals surface area contributed by atoms with Crippen LogP contribution in [0.3, 0.4) is 0 Å². The van der Waals surface area contributed by atoms with Crippen molar-refractivity contribution in [2.45, 2.75) is 46.3 Å². The van der Waals surface area contributed by atoms with Crippen LogP contribution < -0.4 is 10.6 Å². The third-order valence-corrected chi connectivity index (χ3v) is 4.09. The predicted octanol–water partition coefficient (Wildman–Crippen LogP) is 1.93. The van der Waals surface area contributed by atoms with Crippen molar-refractivity contribution in [2.75, 3.05) is 6.54 Å². The molecule has 0 bridgehead atoms. The molecule has 3 rings (SSSR count). The van der Waals surface area contributed by atoms with Gasteiger partial charge in [-0.3, -0.25) is 0 Å². The summed E-state index contributed by atoms with van der Waals surface area (Å²) in [7, 11) is 0. The number of nitrogens with one attached hydrogen (secondary N) is 2. The lowest BCUT2D eigenvalue weighted by molar-refractivity contribution is 0.617. The average Bonchev–Trinajstić information content (AvgIpc) is 3.17. The normalized spacial score (nSPS) is 13.9. The van der Waals surface area contributed by atoms with Gasteiger partial charge in [0.05, 0.1) is 13.1 Å². The first kappa shape index (κ1) is 16.4. The molecular formula is C17H23FN6. The first-order valence-electron chi connectivity index (χ1n) is 8.35. The molecular weight excluding hydrogens is 307 g/mol. The topological polar surface area (TPSA) is 67.1 Å². The Morgan fingerprint density at radius 2 is 2.21 bits per heavy atom. The molecule has 0 saturated heterocycles. The number of hydrogen-bond donors (Lipinski definition) is 2. The minimum Gasteiger partial charge on any atom is -0.357 e. The highest BCUT2D eigenvalue weighted by Crippen LogP contribution is 2.13. The number of benzene rings is 1. The first-order chi connectivity index (χ1) is 11.7. The summed E-state index contributed by atoms with van der Waals surface area (Å²) < 4.78 is 15.5. The second-order valence-electron chi connectivity index (χ2n) is 5.92. The van der Waals surface area contributed by atoms with Crippen LogP contribution in [0.4, 0.5) is 4.39 Å². The van der Waals surface area contributed by atoms with Crippen molar-refractivity contribution in [3.8, 4) is 0 Å². The van der Waals surface area contributed by atoms with Crippen LogP contribution in [-0.2, 0) is 26.1 Å². The molecule has 2 aromatic rings. The summed E-state index contributed by atoms with van der Waals surface area (Å²) in [5, 5.41) is 15.0. The molecule has 1 aromatic heterocycles. The van der Waals surface area contributed by atoms with Crippen molar-refractivity contribution >= 4 is 5.96 Å². The van der Waals surface area contributed by atoms with Gasteiger partial charge in [0.2, 0.25) is 0 Å². The lowest BCUT2D eigenvalue weighted by Gasteiger charge is -2.11. The molecule has 2 heterocycles. The van der Waals surface area contributed by atoms with Crippen LogP contribution in [0.1, 0.15) is 36.1 Å². The highest BCUT2D eigenvalue weighted by atomic mass is 19.1. The smallest absolute Gasteiger partial charge is 0.191 e. The Kier molecular flexibility index (Phi) is 5.08. The molecule has 0 fully saturated rings. The molecule has 0 spiro atoms. The van der Waals surface area contributed by atoms with E-state index in [1.165, 1.54) is 6.07 Å². The van der Waals surface area contributed by atoms with Gasteiger partial charge in [-0.1, -0.05) is 12.1 Å². The van der Waals surface area contributed by atoms with E-state index in [2.05, 4.69) is 30.4 Å².